The second kappa shape index (κ2) is 7.63. The highest BCUT2D eigenvalue weighted by molar-refractivity contribution is 6.10. The van der Waals surface area contributed by atoms with Crippen LogP contribution in [0.25, 0.3) is 0 Å². The van der Waals surface area contributed by atoms with Crippen molar-refractivity contribution in [1.29, 1.82) is 0 Å². The molecule has 0 unspecified atom stereocenters. The Kier molecular flexibility index (Phi) is 4.92. The highest BCUT2D eigenvalue weighted by Gasteiger charge is 2.62. The van der Waals surface area contributed by atoms with Crippen molar-refractivity contribution in [2.24, 2.45) is 23.7 Å². The van der Waals surface area contributed by atoms with Gasteiger partial charge in [0.15, 0.2) is 0 Å². The Labute approximate surface area is 182 Å². The minimum atomic E-state index is -0.839. The summed E-state index contributed by atoms with van der Waals surface area (Å²) in [4.78, 5) is 41.5. The number of nitrogens with zero attached hydrogens (tertiary/aromatic N) is 1. The van der Waals surface area contributed by atoms with Gasteiger partial charge in [-0.15, -0.1) is 0 Å². The molecule has 2 aromatic carbocycles. The van der Waals surface area contributed by atoms with Crippen molar-refractivity contribution in [2.75, 3.05) is 5.32 Å². The van der Waals surface area contributed by atoms with E-state index < -0.39 is 6.04 Å². The van der Waals surface area contributed by atoms with Crippen LogP contribution in [-0.2, 0) is 20.8 Å². The zero-order chi connectivity index (χ0) is 21.7. The van der Waals surface area contributed by atoms with E-state index >= 15 is 0 Å². The summed E-state index contributed by atoms with van der Waals surface area (Å²) in [7, 11) is 0. The smallest absolute Gasteiger partial charge is 0.248 e. The lowest BCUT2D eigenvalue weighted by Crippen LogP contribution is -2.49. The van der Waals surface area contributed by atoms with Gasteiger partial charge in [-0.3, -0.25) is 19.3 Å². The molecule has 31 heavy (non-hydrogen) atoms. The number of imide groups is 1. The molecule has 0 aromatic heterocycles. The van der Waals surface area contributed by atoms with E-state index in [4.69, 9.17) is 0 Å². The van der Waals surface area contributed by atoms with Crippen molar-refractivity contribution in [3.05, 3.63) is 65.2 Å². The van der Waals surface area contributed by atoms with E-state index in [1.807, 2.05) is 62.4 Å². The largest absolute Gasteiger partial charge is 0.324 e. The lowest BCUT2D eigenvalue weighted by atomic mass is 9.81. The average Bonchev–Trinajstić information content (AvgIpc) is 3.44. The Morgan fingerprint density at radius 2 is 1.61 bits per heavy atom. The zero-order valence-corrected chi connectivity index (χ0v) is 18.0. The van der Waals surface area contributed by atoms with E-state index in [2.05, 4.69) is 5.32 Å². The summed E-state index contributed by atoms with van der Waals surface area (Å²) in [6.45, 7) is 4.02. The van der Waals surface area contributed by atoms with Gasteiger partial charge >= 0.3 is 0 Å². The molecule has 1 heterocycles. The maximum Gasteiger partial charge on any atom is 0.248 e. The number of carbonyl (C=O) groups excluding carboxylic acids is 3. The first-order valence-electron chi connectivity index (χ1n) is 11.2. The lowest BCUT2D eigenvalue weighted by Gasteiger charge is -2.27. The quantitative estimate of drug-likeness (QED) is 0.752. The van der Waals surface area contributed by atoms with Gasteiger partial charge in [-0.05, 0) is 73.8 Å². The molecule has 2 bridgehead atoms. The number of hydrogen-bond donors (Lipinski definition) is 1. The van der Waals surface area contributed by atoms with Crippen molar-refractivity contribution in [2.45, 2.75) is 45.6 Å². The van der Waals surface area contributed by atoms with Crippen LogP contribution in [0.15, 0.2) is 48.5 Å². The van der Waals surface area contributed by atoms with Crippen LogP contribution < -0.4 is 5.32 Å². The topological polar surface area (TPSA) is 66.5 Å². The third kappa shape index (κ3) is 3.36. The van der Waals surface area contributed by atoms with Gasteiger partial charge in [0.2, 0.25) is 17.7 Å². The molecule has 3 fully saturated rings. The highest BCUT2D eigenvalue weighted by Crippen LogP contribution is 2.56. The fraction of sp³-hybridized carbons (Fsp3) is 0.423. The predicted molar refractivity (Wildman–Crippen MR) is 118 cm³/mol. The molecule has 3 aliphatic rings. The van der Waals surface area contributed by atoms with Gasteiger partial charge in [-0.1, -0.05) is 36.4 Å². The summed E-state index contributed by atoms with van der Waals surface area (Å²) < 4.78 is 0. The SMILES string of the molecule is Cc1ccc(NC(=O)[C@H](Cc2ccccc2)N2C(=O)[C@@H]3[C@@H]4CC[C@H](C4)[C@@H]3C2=O)cc1C. The Bertz CT molecular complexity index is 1020. The lowest BCUT2D eigenvalue weighted by molar-refractivity contribution is -0.147. The van der Waals surface area contributed by atoms with Gasteiger partial charge in [0.05, 0.1) is 11.8 Å². The fourth-order valence-electron chi connectivity index (χ4n) is 5.92. The molecular weight excluding hydrogens is 388 g/mol. The molecule has 2 aromatic rings. The minimum absolute atomic E-state index is 0.140. The molecule has 160 valence electrons. The standard InChI is InChI=1S/C26H28N2O3/c1-15-8-11-20(12-16(15)2)27-24(29)21(13-17-6-4-3-5-7-17)28-25(30)22-18-9-10-19(14-18)23(22)26(28)31/h3-8,11-12,18-19,21-23H,9-10,13-14H2,1-2H3,(H,27,29)/t18-,19-,21+,22-,23+/m1/s1. The molecule has 5 heteroatoms. The number of benzene rings is 2. The summed E-state index contributed by atoms with van der Waals surface area (Å²) in [6.07, 6.45) is 3.36. The molecule has 1 aliphatic heterocycles. The van der Waals surface area contributed by atoms with E-state index in [0.29, 0.717) is 23.9 Å². The maximum absolute atomic E-state index is 13.4. The summed E-state index contributed by atoms with van der Waals surface area (Å²) >= 11 is 0. The van der Waals surface area contributed by atoms with E-state index in [0.717, 1.165) is 36.0 Å². The van der Waals surface area contributed by atoms with Crippen LogP contribution in [-0.4, -0.2) is 28.7 Å². The molecule has 1 N–H and O–H groups in total. The van der Waals surface area contributed by atoms with Gasteiger partial charge < -0.3 is 5.32 Å². The number of likely N-dealkylation sites (tertiary alicyclic amines) is 1. The number of anilines is 1. The Morgan fingerprint density at radius 1 is 0.968 bits per heavy atom. The van der Waals surface area contributed by atoms with Crippen molar-refractivity contribution in [3.63, 3.8) is 0 Å². The van der Waals surface area contributed by atoms with Gasteiger partial charge in [-0.2, -0.15) is 0 Å². The number of hydrogen-bond acceptors (Lipinski definition) is 3. The number of nitrogens with one attached hydrogen (secondary N) is 1. The summed E-state index contributed by atoms with van der Waals surface area (Å²) in [6, 6.07) is 14.5. The molecule has 0 spiro atoms. The zero-order valence-electron chi connectivity index (χ0n) is 18.0. The van der Waals surface area contributed by atoms with Crippen molar-refractivity contribution in [3.8, 4) is 0 Å². The van der Waals surface area contributed by atoms with Gasteiger partial charge in [0, 0.05) is 12.1 Å². The predicted octanol–water partition coefficient (Wildman–Crippen LogP) is 3.88. The van der Waals surface area contributed by atoms with Crippen LogP contribution in [0, 0.1) is 37.5 Å². The van der Waals surface area contributed by atoms with Gasteiger partial charge in [0.1, 0.15) is 6.04 Å². The van der Waals surface area contributed by atoms with E-state index in [1.165, 1.54) is 4.90 Å². The highest BCUT2D eigenvalue weighted by atomic mass is 16.2. The fourth-order valence-corrected chi connectivity index (χ4v) is 5.92. The van der Waals surface area contributed by atoms with E-state index in [-0.39, 0.29) is 29.6 Å². The monoisotopic (exact) mass is 416 g/mol. The minimum Gasteiger partial charge on any atom is -0.324 e. The summed E-state index contributed by atoms with van der Waals surface area (Å²) in [5, 5.41) is 2.97. The molecule has 2 aliphatic carbocycles. The van der Waals surface area contributed by atoms with Crippen LogP contribution in [0.1, 0.15) is 36.0 Å². The van der Waals surface area contributed by atoms with E-state index in [9.17, 15) is 14.4 Å². The van der Waals surface area contributed by atoms with Crippen LogP contribution in [0.5, 0.6) is 0 Å². The van der Waals surface area contributed by atoms with Crippen molar-refractivity contribution >= 4 is 23.4 Å². The Hall–Kier alpha value is -2.95. The molecule has 1 saturated heterocycles. The molecule has 2 saturated carbocycles. The van der Waals surface area contributed by atoms with Crippen molar-refractivity contribution in [1.82, 2.24) is 4.90 Å². The number of carbonyl (C=O) groups is 3. The molecular formula is C26H28N2O3. The number of fused-ring (bicyclic) bond motifs is 5. The third-order valence-corrected chi connectivity index (χ3v) is 7.62. The number of aryl methyl sites for hydroxylation is 2. The molecule has 5 rings (SSSR count). The van der Waals surface area contributed by atoms with Gasteiger partial charge in [-0.25, -0.2) is 0 Å². The second-order valence-electron chi connectivity index (χ2n) is 9.43. The van der Waals surface area contributed by atoms with Gasteiger partial charge in [0.25, 0.3) is 0 Å². The normalized spacial score (nSPS) is 27.5. The van der Waals surface area contributed by atoms with E-state index in [1.54, 1.807) is 0 Å². The second-order valence-corrected chi connectivity index (χ2v) is 9.43. The Balaban J connectivity index is 1.45. The third-order valence-electron chi connectivity index (χ3n) is 7.62. The first-order valence-corrected chi connectivity index (χ1v) is 11.2. The van der Waals surface area contributed by atoms with Crippen LogP contribution in [0.2, 0.25) is 0 Å². The Morgan fingerprint density at radius 3 is 2.23 bits per heavy atom. The molecule has 0 radical (unpaired) electrons. The molecule has 5 nitrogen and oxygen atoms in total. The number of rotatable bonds is 5. The molecule has 5 atom stereocenters. The van der Waals surface area contributed by atoms with Crippen LogP contribution >= 0.6 is 0 Å². The molecule has 3 amide bonds. The number of amides is 3. The first kappa shape index (κ1) is 20.0. The average molecular weight is 417 g/mol. The maximum atomic E-state index is 13.4. The summed E-state index contributed by atoms with van der Waals surface area (Å²) in [5.74, 6) is -0.427. The summed E-state index contributed by atoms with van der Waals surface area (Å²) in [5.41, 5.74) is 3.85. The van der Waals surface area contributed by atoms with Crippen LogP contribution in [0.4, 0.5) is 5.69 Å². The van der Waals surface area contributed by atoms with Crippen LogP contribution in [0.3, 0.4) is 0 Å². The van der Waals surface area contributed by atoms with Crippen molar-refractivity contribution < 1.29 is 14.4 Å². The first-order chi connectivity index (χ1) is 14.9.